The molecular weight excluding hydrogens is 425 g/mol. The van der Waals surface area contributed by atoms with Gasteiger partial charge in [-0.2, -0.15) is 0 Å². The zero-order valence-corrected chi connectivity index (χ0v) is 18.2. The summed E-state index contributed by atoms with van der Waals surface area (Å²) in [6, 6.07) is 5.94. The van der Waals surface area contributed by atoms with Gasteiger partial charge < -0.3 is 15.5 Å². The molecule has 0 bridgehead atoms. The van der Waals surface area contributed by atoms with Crippen LogP contribution in [0.25, 0.3) is 0 Å². The number of unbranched alkanes of at least 4 members (excludes halogenated alkanes) is 1. The van der Waals surface area contributed by atoms with Crippen LogP contribution in [0.2, 0.25) is 0 Å². The second-order valence-electron chi connectivity index (χ2n) is 6.94. The van der Waals surface area contributed by atoms with Crippen molar-refractivity contribution in [2.75, 3.05) is 38.0 Å². The fourth-order valence-corrected chi connectivity index (χ4v) is 3.37. The fourth-order valence-electron chi connectivity index (χ4n) is 3.37. The quantitative estimate of drug-likeness (QED) is 0.282. The molecule has 142 valence electrons. The maximum atomic E-state index is 4.84. The summed E-state index contributed by atoms with van der Waals surface area (Å²) in [5.41, 5.74) is 0. The largest absolute Gasteiger partial charge is 0.370 e. The third kappa shape index (κ3) is 8.25. The van der Waals surface area contributed by atoms with Crippen LogP contribution in [0.4, 0.5) is 5.82 Å². The summed E-state index contributed by atoms with van der Waals surface area (Å²) < 4.78 is 0. The lowest BCUT2D eigenvalue weighted by molar-refractivity contribution is 0.208. The van der Waals surface area contributed by atoms with Gasteiger partial charge in [0.25, 0.3) is 0 Å². The molecule has 0 aromatic carbocycles. The van der Waals surface area contributed by atoms with Gasteiger partial charge in [-0.25, -0.2) is 4.98 Å². The van der Waals surface area contributed by atoms with Gasteiger partial charge in [0.2, 0.25) is 0 Å². The van der Waals surface area contributed by atoms with Crippen LogP contribution in [0.1, 0.15) is 40.0 Å². The topological polar surface area (TPSA) is 52.6 Å². The minimum absolute atomic E-state index is 0. The Bertz CT molecular complexity index is 484. The number of likely N-dealkylation sites (tertiary alicyclic amines) is 1. The molecule has 1 fully saturated rings. The Balaban J connectivity index is 0.00000312. The van der Waals surface area contributed by atoms with Crippen LogP contribution >= 0.6 is 24.0 Å². The number of piperidine rings is 1. The lowest BCUT2D eigenvalue weighted by atomic mass is 9.92. The van der Waals surface area contributed by atoms with E-state index in [1.807, 2.05) is 24.4 Å². The van der Waals surface area contributed by atoms with Gasteiger partial charge in [-0.3, -0.25) is 4.99 Å². The molecule has 25 heavy (non-hydrogen) atoms. The van der Waals surface area contributed by atoms with E-state index in [0.29, 0.717) is 0 Å². The van der Waals surface area contributed by atoms with Crippen molar-refractivity contribution in [3.63, 3.8) is 0 Å². The van der Waals surface area contributed by atoms with E-state index in [1.165, 1.54) is 6.42 Å². The first-order valence-electron chi connectivity index (χ1n) is 9.37. The second-order valence-corrected chi connectivity index (χ2v) is 6.94. The van der Waals surface area contributed by atoms with Crippen molar-refractivity contribution >= 4 is 35.8 Å². The van der Waals surface area contributed by atoms with E-state index < -0.39 is 0 Å². The summed E-state index contributed by atoms with van der Waals surface area (Å²) in [7, 11) is 0. The number of hydrogen-bond donors (Lipinski definition) is 2. The van der Waals surface area contributed by atoms with Gasteiger partial charge in [-0.05, 0) is 50.2 Å². The molecule has 1 aromatic heterocycles. The molecule has 2 N–H and O–H groups in total. The number of aliphatic imine (C=N–C) groups is 1. The van der Waals surface area contributed by atoms with Gasteiger partial charge in [-0.15, -0.1) is 24.0 Å². The molecular formula is C19H34IN5. The first-order chi connectivity index (χ1) is 11.7. The highest BCUT2D eigenvalue weighted by Crippen LogP contribution is 2.20. The average molecular weight is 459 g/mol. The molecule has 1 aromatic rings. The van der Waals surface area contributed by atoms with Crippen LogP contribution in [0.3, 0.4) is 0 Å². The minimum Gasteiger partial charge on any atom is -0.370 e. The fraction of sp³-hybridized carbons (Fsp3) is 0.684. The van der Waals surface area contributed by atoms with Crippen LogP contribution in [0.15, 0.2) is 29.4 Å². The Labute approximate surface area is 170 Å². The molecule has 0 aliphatic carbocycles. The van der Waals surface area contributed by atoms with Crippen LogP contribution in [-0.4, -0.2) is 48.6 Å². The number of nitrogens with one attached hydrogen (secondary N) is 2. The monoisotopic (exact) mass is 459 g/mol. The van der Waals surface area contributed by atoms with E-state index in [2.05, 4.69) is 41.3 Å². The van der Waals surface area contributed by atoms with Crippen molar-refractivity contribution < 1.29 is 0 Å². The lowest BCUT2D eigenvalue weighted by Gasteiger charge is -2.37. The molecule has 5 nitrogen and oxygen atoms in total. The van der Waals surface area contributed by atoms with Crippen molar-refractivity contribution in [2.24, 2.45) is 16.8 Å². The number of pyridine rings is 1. The van der Waals surface area contributed by atoms with Crippen molar-refractivity contribution in [3.05, 3.63) is 24.4 Å². The predicted octanol–water partition coefficient (Wildman–Crippen LogP) is 3.84. The summed E-state index contributed by atoms with van der Waals surface area (Å²) in [4.78, 5) is 11.5. The van der Waals surface area contributed by atoms with Crippen LogP contribution in [0, 0.1) is 11.8 Å². The third-order valence-electron chi connectivity index (χ3n) is 4.32. The van der Waals surface area contributed by atoms with E-state index in [9.17, 15) is 0 Å². The molecule has 6 heteroatoms. The summed E-state index contributed by atoms with van der Waals surface area (Å²) in [6.07, 6.45) is 5.34. The lowest BCUT2D eigenvalue weighted by Crippen LogP contribution is -2.48. The molecule has 1 aliphatic heterocycles. The van der Waals surface area contributed by atoms with Crippen molar-refractivity contribution in [1.29, 1.82) is 0 Å². The number of halogens is 1. The van der Waals surface area contributed by atoms with E-state index in [0.717, 1.165) is 69.2 Å². The van der Waals surface area contributed by atoms with Gasteiger partial charge in [-0.1, -0.05) is 19.9 Å². The number of rotatable bonds is 7. The highest BCUT2D eigenvalue weighted by atomic mass is 127. The number of anilines is 1. The molecule has 1 saturated heterocycles. The number of guanidine groups is 1. The molecule has 0 amide bonds. The van der Waals surface area contributed by atoms with Crippen molar-refractivity contribution in [3.8, 4) is 0 Å². The zero-order chi connectivity index (χ0) is 17.2. The summed E-state index contributed by atoms with van der Waals surface area (Å²) in [5.74, 6) is 3.54. The SMILES string of the molecule is CCNC(=NCCCCNc1ccccn1)N1CC(C)CC(C)C1.I. The number of hydrogen-bond acceptors (Lipinski definition) is 3. The molecule has 2 rings (SSSR count). The minimum atomic E-state index is 0. The maximum absolute atomic E-state index is 4.84. The smallest absolute Gasteiger partial charge is 0.193 e. The van der Waals surface area contributed by atoms with Crippen molar-refractivity contribution in [2.45, 2.75) is 40.0 Å². The highest BCUT2D eigenvalue weighted by molar-refractivity contribution is 14.0. The van der Waals surface area contributed by atoms with Gasteiger partial charge >= 0.3 is 0 Å². The molecule has 0 saturated carbocycles. The number of nitrogens with zero attached hydrogens (tertiary/aromatic N) is 3. The Morgan fingerprint density at radius 3 is 2.64 bits per heavy atom. The molecule has 2 heterocycles. The van der Waals surface area contributed by atoms with E-state index >= 15 is 0 Å². The van der Waals surface area contributed by atoms with Gasteiger partial charge in [0, 0.05) is 38.9 Å². The average Bonchev–Trinajstić information content (AvgIpc) is 2.57. The van der Waals surface area contributed by atoms with Crippen LogP contribution in [0.5, 0.6) is 0 Å². The highest BCUT2D eigenvalue weighted by Gasteiger charge is 2.23. The maximum Gasteiger partial charge on any atom is 0.193 e. The third-order valence-corrected chi connectivity index (χ3v) is 4.32. The Kier molecular flexibility index (Phi) is 10.8. The molecule has 2 atom stereocenters. The normalized spacial score (nSPS) is 20.8. The number of aromatic nitrogens is 1. The van der Waals surface area contributed by atoms with E-state index in [1.54, 1.807) is 0 Å². The van der Waals surface area contributed by atoms with Gasteiger partial charge in [0.15, 0.2) is 5.96 Å². The molecule has 0 spiro atoms. The zero-order valence-electron chi connectivity index (χ0n) is 15.9. The first-order valence-corrected chi connectivity index (χ1v) is 9.37. The van der Waals surface area contributed by atoms with Crippen LogP contribution < -0.4 is 10.6 Å². The summed E-state index contributed by atoms with van der Waals surface area (Å²) in [6.45, 7) is 11.8. The Morgan fingerprint density at radius 1 is 1.24 bits per heavy atom. The van der Waals surface area contributed by atoms with Crippen LogP contribution in [-0.2, 0) is 0 Å². The summed E-state index contributed by atoms with van der Waals surface area (Å²) >= 11 is 0. The molecule has 2 unspecified atom stereocenters. The van der Waals surface area contributed by atoms with E-state index in [4.69, 9.17) is 4.99 Å². The first kappa shape index (κ1) is 22.0. The summed E-state index contributed by atoms with van der Waals surface area (Å²) in [5, 5.41) is 6.81. The molecule has 1 aliphatic rings. The molecule has 0 radical (unpaired) electrons. The standard InChI is InChI=1S/C19H33N5.HI/c1-4-20-19(24-14-16(2)13-17(3)15-24)23-12-8-7-11-22-18-9-5-6-10-21-18;/h5-6,9-10,16-17H,4,7-8,11-15H2,1-3H3,(H,20,23)(H,21,22);1H. The van der Waals surface area contributed by atoms with Gasteiger partial charge in [0.1, 0.15) is 5.82 Å². The Hall–Kier alpha value is -1.05. The Morgan fingerprint density at radius 2 is 2.00 bits per heavy atom. The van der Waals surface area contributed by atoms with E-state index in [-0.39, 0.29) is 24.0 Å². The second kappa shape index (κ2) is 12.3. The van der Waals surface area contributed by atoms with Gasteiger partial charge in [0.05, 0.1) is 0 Å². The van der Waals surface area contributed by atoms with Crippen molar-refractivity contribution in [1.82, 2.24) is 15.2 Å². The predicted molar refractivity (Wildman–Crippen MR) is 118 cm³/mol.